The van der Waals surface area contributed by atoms with Crippen LogP contribution in [0.4, 0.5) is 4.79 Å². The van der Waals surface area contributed by atoms with Crippen molar-refractivity contribution in [3.05, 3.63) is 12.8 Å². The molecular formula is C5H6O3. The van der Waals surface area contributed by atoms with Crippen LogP contribution in [0, 0.1) is 12.8 Å². The highest BCUT2D eigenvalue weighted by atomic mass is 16.7. The maximum absolute atomic E-state index is 9.31. The Morgan fingerprint density at radius 1 is 1.75 bits per heavy atom. The molecule has 0 unspecified atom stereocenters. The molecule has 0 amide bonds. The zero-order chi connectivity index (χ0) is 6.99. The highest BCUT2D eigenvalue weighted by Gasteiger charge is 1.84. The standard InChI is InChI=1S/C3H4O3.C2H2/c1-2-6-3(4)5;1-2/h2H,1H2,(H,4,5);1-2H. The number of terminal acetylenes is 1. The van der Waals surface area contributed by atoms with Crippen molar-refractivity contribution in [2.75, 3.05) is 0 Å². The molecule has 0 saturated carbocycles. The first kappa shape index (κ1) is 9.76. The van der Waals surface area contributed by atoms with E-state index in [0.717, 1.165) is 6.26 Å². The van der Waals surface area contributed by atoms with Gasteiger partial charge in [0.1, 0.15) is 0 Å². The summed E-state index contributed by atoms with van der Waals surface area (Å²) in [5, 5.41) is 7.62. The lowest BCUT2D eigenvalue weighted by Crippen LogP contribution is -1.89. The zero-order valence-electron chi connectivity index (χ0n) is 4.20. The van der Waals surface area contributed by atoms with E-state index < -0.39 is 6.16 Å². The van der Waals surface area contributed by atoms with Crippen LogP contribution in [0.2, 0.25) is 0 Å². The van der Waals surface area contributed by atoms with Gasteiger partial charge in [-0.3, -0.25) is 0 Å². The van der Waals surface area contributed by atoms with Gasteiger partial charge in [-0.25, -0.2) is 4.79 Å². The fraction of sp³-hybridized carbons (Fsp3) is 0. The van der Waals surface area contributed by atoms with E-state index in [1.54, 1.807) is 0 Å². The van der Waals surface area contributed by atoms with Gasteiger partial charge in [-0.1, -0.05) is 6.58 Å². The number of carboxylic acid groups (broad SMARTS) is 1. The molecule has 3 nitrogen and oxygen atoms in total. The first-order valence-electron chi connectivity index (χ1n) is 1.61. The average molecular weight is 114 g/mol. The molecule has 0 atom stereocenters. The predicted octanol–water partition coefficient (Wildman–Crippen LogP) is 1.07. The van der Waals surface area contributed by atoms with E-state index in [0.29, 0.717) is 0 Å². The van der Waals surface area contributed by atoms with Crippen molar-refractivity contribution in [1.29, 1.82) is 0 Å². The minimum Gasteiger partial charge on any atom is -0.449 e. The SMILES string of the molecule is C#C.C=COC(=O)O. The molecule has 8 heavy (non-hydrogen) atoms. The lowest BCUT2D eigenvalue weighted by atomic mass is 11.1. The van der Waals surface area contributed by atoms with Crippen LogP contribution in [0.25, 0.3) is 0 Å². The van der Waals surface area contributed by atoms with Crippen LogP contribution in [0.1, 0.15) is 0 Å². The van der Waals surface area contributed by atoms with E-state index >= 15 is 0 Å². The molecule has 0 rings (SSSR count). The van der Waals surface area contributed by atoms with E-state index in [1.807, 2.05) is 0 Å². The molecule has 0 saturated heterocycles. The second kappa shape index (κ2) is 9.13. The average Bonchev–Trinajstić information content (AvgIpc) is 1.72. The molecule has 0 spiro atoms. The van der Waals surface area contributed by atoms with Crippen LogP contribution >= 0.6 is 0 Å². The summed E-state index contributed by atoms with van der Waals surface area (Å²) < 4.78 is 3.72. The maximum atomic E-state index is 9.31. The minimum atomic E-state index is -1.33. The number of hydrogen-bond acceptors (Lipinski definition) is 2. The normalized spacial score (nSPS) is 5.25. The summed E-state index contributed by atoms with van der Waals surface area (Å²) in [5.41, 5.74) is 0. The van der Waals surface area contributed by atoms with Crippen molar-refractivity contribution >= 4 is 6.16 Å². The molecule has 44 valence electrons. The molecule has 0 aliphatic heterocycles. The van der Waals surface area contributed by atoms with Gasteiger partial charge in [-0.15, -0.1) is 12.8 Å². The van der Waals surface area contributed by atoms with Gasteiger partial charge in [0.2, 0.25) is 0 Å². The summed E-state index contributed by atoms with van der Waals surface area (Å²) >= 11 is 0. The Kier molecular flexibility index (Phi) is 11.1. The number of hydrogen-bond donors (Lipinski definition) is 1. The van der Waals surface area contributed by atoms with Crippen molar-refractivity contribution in [2.45, 2.75) is 0 Å². The Morgan fingerprint density at radius 3 is 2.12 bits per heavy atom. The van der Waals surface area contributed by atoms with Crippen LogP contribution in [-0.4, -0.2) is 11.3 Å². The maximum Gasteiger partial charge on any atom is 0.510 e. The van der Waals surface area contributed by atoms with Crippen molar-refractivity contribution in [2.24, 2.45) is 0 Å². The largest absolute Gasteiger partial charge is 0.510 e. The van der Waals surface area contributed by atoms with Crippen molar-refractivity contribution in [3.63, 3.8) is 0 Å². The second-order valence-corrected chi connectivity index (χ2v) is 0.550. The molecule has 0 aromatic rings. The van der Waals surface area contributed by atoms with E-state index in [1.165, 1.54) is 0 Å². The van der Waals surface area contributed by atoms with Gasteiger partial charge in [0.05, 0.1) is 6.26 Å². The van der Waals surface area contributed by atoms with Crippen LogP contribution in [0.3, 0.4) is 0 Å². The lowest BCUT2D eigenvalue weighted by molar-refractivity contribution is 0.128. The van der Waals surface area contributed by atoms with Crippen molar-refractivity contribution < 1.29 is 14.6 Å². The van der Waals surface area contributed by atoms with E-state index in [4.69, 9.17) is 5.11 Å². The lowest BCUT2D eigenvalue weighted by Gasteiger charge is -1.81. The fourth-order valence-corrected chi connectivity index (χ4v) is 0.0713. The quantitative estimate of drug-likeness (QED) is 0.315. The Hall–Kier alpha value is -1.43. The third kappa shape index (κ3) is 23.6. The van der Waals surface area contributed by atoms with E-state index in [-0.39, 0.29) is 0 Å². The Balaban J connectivity index is 0. The Bertz CT molecular complexity index is 93.1. The third-order valence-electron chi connectivity index (χ3n) is 0.184. The number of rotatable bonds is 1. The van der Waals surface area contributed by atoms with Crippen molar-refractivity contribution in [3.8, 4) is 12.8 Å². The smallest absolute Gasteiger partial charge is 0.449 e. The molecular weight excluding hydrogens is 108 g/mol. The van der Waals surface area contributed by atoms with Crippen LogP contribution in [-0.2, 0) is 4.74 Å². The predicted molar refractivity (Wildman–Crippen MR) is 29.2 cm³/mol. The monoisotopic (exact) mass is 114 g/mol. The van der Waals surface area contributed by atoms with E-state index in [2.05, 4.69) is 24.2 Å². The summed E-state index contributed by atoms with van der Waals surface area (Å²) in [6, 6.07) is 0. The molecule has 0 heterocycles. The molecule has 0 fully saturated rings. The second-order valence-electron chi connectivity index (χ2n) is 0.550. The van der Waals surface area contributed by atoms with Gasteiger partial charge >= 0.3 is 6.16 Å². The first-order chi connectivity index (χ1) is 3.77. The van der Waals surface area contributed by atoms with Crippen LogP contribution < -0.4 is 0 Å². The van der Waals surface area contributed by atoms with E-state index in [9.17, 15) is 4.79 Å². The Morgan fingerprint density at radius 2 is 2.12 bits per heavy atom. The van der Waals surface area contributed by atoms with Crippen LogP contribution in [0.15, 0.2) is 12.8 Å². The molecule has 1 N–H and O–H groups in total. The molecule has 0 radical (unpaired) electrons. The van der Waals surface area contributed by atoms with Gasteiger partial charge in [-0.05, 0) is 0 Å². The highest BCUT2D eigenvalue weighted by molar-refractivity contribution is 5.57. The molecule has 0 aromatic heterocycles. The summed E-state index contributed by atoms with van der Waals surface area (Å²) in [6.07, 6.45) is 7.52. The van der Waals surface area contributed by atoms with Gasteiger partial charge in [-0.2, -0.15) is 0 Å². The molecule has 0 aromatic carbocycles. The van der Waals surface area contributed by atoms with Gasteiger partial charge in [0.15, 0.2) is 0 Å². The summed E-state index contributed by atoms with van der Waals surface area (Å²) in [6.45, 7) is 3.00. The summed E-state index contributed by atoms with van der Waals surface area (Å²) in [5.74, 6) is 0. The summed E-state index contributed by atoms with van der Waals surface area (Å²) in [4.78, 5) is 9.31. The summed E-state index contributed by atoms with van der Waals surface area (Å²) in [7, 11) is 0. The van der Waals surface area contributed by atoms with Crippen molar-refractivity contribution in [1.82, 2.24) is 0 Å². The van der Waals surface area contributed by atoms with Crippen LogP contribution in [0.5, 0.6) is 0 Å². The molecule has 0 aliphatic rings. The Labute approximate surface area is 47.6 Å². The zero-order valence-corrected chi connectivity index (χ0v) is 4.20. The van der Waals surface area contributed by atoms with Gasteiger partial charge in [0, 0.05) is 0 Å². The topological polar surface area (TPSA) is 46.5 Å². The molecule has 0 aliphatic carbocycles. The minimum absolute atomic E-state index is 0.850. The fourth-order valence-electron chi connectivity index (χ4n) is 0.0713. The van der Waals surface area contributed by atoms with Gasteiger partial charge < -0.3 is 9.84 Å². The third-order valence-corrected chi connectivity index (χ3v) is 0.184. The highest BCUT2D eigenvalue weighted by Crippen LogP contribution is 1.70. The number of carbonyl (C=O) groups is 1. The number of ether oxygens (including phenoxy) is 1. The first-order valence-corrected chi connectivity index (χ1v) is 1.61. The molecule has 3 heteroatoms. The molecule has 0 bridgehead atoms. The van der Waals surface area contributed by atoms with Gasteiger partial charge in [0.25, 0.3) is 0 Å².